The Morgan fingerprint density at radius 3 is 2.81 bits per heavy atom. The first-order valence-electron chi connectivity index (χ1n) is 6.25. The van der Waals surface area contributed by atoms with Gasteiger partial charge in [0, 0.05) is 18.6 Å². The van der Waals surface area contributed by atoms with Crippen LogP contribution in [0.25, 0.3) is 5.69 Å². The third-order valence-electron chi connectivity index (χ3n) is 2.48. The summed E-state index contributed by atoms with van der Waals surface area (Å²) in [6.45, 7) is 0.0188. The van der Waals surface area contributed by atoms with Crippen molar-refractivity contribution in [2.75, 3.05) is 11.9 Å². The number of amides is 1. The van der Waals surface area contributed by atoms with E-state index in [9.17, 15) is 9.59 Å². The van der Waals surface area contributed by atoms with Crippen LogP contribution in [0.3, 0.4) is 0 Å². The molecule has 0 radical (unpaired) electrons. The zero-order chi connectivity index (χ0) is 15.1. The van der Waals surface area contributed by atoms with Crippen LogP contribution in [0.1, 0.15) is 12.8 Å². The van der Waals surface area contributed by atoms with E-state index in [1.807, 2.05) is 30.3 Å². The maximum absolute atomic E-state index is 11.4. The van der Waals surface area contributed by atoms with Gasteiger partial charge in [-0.2, -0.15) is 0 Å². The number of aliphatic carboxylic acids is 1. The fraction of sp³-hybridized carbons (Fsp3) is 0.231. The second-order valence-corrected chi connectivity index (χ2v) is 4.10. The zero-order valence-electron chi connectivity index (χ0n) is 11.1. The van der Waals surface area contributed by atoms with Crippen LogP contribution in [0.4, 0.5) is 10.7 Å². The molecule has 0 saturated carbocycles. The van der Waals surface area contributed by atoms with E-state index >= 15 is 0 Å². The van der Waals surface area contributed by atoms with Crippen molar-refractivity contribution in [2.45, 2.75) is 12.8 Å². The van der Waals surface area contributed by atoms with Gasteiger partial charge in [-0.15, -0.1) is 0 Å². The number of carboxylic acids is 1. The smallest absolute Gasteiger partial charge is 0.414 e. The summed E-state index contributed by atoms with van der Waals surface area (Å²) in [7, 11) is 0. The van der Waals surface area contributed by atoms with Gasteiger partial charge < -0.3 is 9.84 Å². The molecule has 8 nitrogen and oxygen atoms in total. The van der Waals surface area contributed by atoms with Gasteiger partial charge in [0.1, 0.15) is 0 Å². The van der Waals surface area contributed by atoms with Crippen LogP contribution in [-0.2, 0) is 9.53 Å². The van der Waals surface area contributed by atoms with E-state index in [4.69, 9.17) is 14.4 Å². The van der Waals surface area contributed by atoms with Gasteiger partial charge in [-0.1, -0.05) is 18.2 Å². The monoisotopic (exact) mass is 292 g/mol. The third kappa shape index (κ3) is 4.60. The summed E-state index contributed by atoms with van der Waals surface area (Å²) in [4.78, 5) is 21.7. The summed E-state index contributed by atoms with van der Waals surface area (Å²) in [6.07, 6.45) is 0.970. The third-order valence-corrected chi connectivity index (χ3v) is 2.48. The first-order chi connectivity index (χ1) is 10.1. The number of benzene rings is 1. The van der Waals surface area contributed by atoms with Crippen molar-refractivity contribution in [3.8, 4) is 5.69 Å². The highest BCUT2D eigenvalue weighted by Gasteiger charge is 2.16. The second kappa shape index (κ2) is 7.04. The molecule has 2 N–H and O–H groups in total. The van der Waals surface area contributed by atoms with Crippen LogP contribution in [0.5, 0.6) is 0 Å². The van der Waals surface area contributed by atoms with Crippen molar-refractivity contribution >= 4 is 17.9 Å². The normalized spacial score (nSPS) is 10.1. The first kappa shape index (κ1) is 14.5. The zero-order valence-corrected chi connectivity index (χ0v) is 11.1. The molecule has 0 aliphatic heterocycles. The highest BCUT2D eigenvalue weighted by Crippen LogP contribution is 2.05. The molecule has 1 aromatic heterocycles. The molecular formula is C13H14N3O5+. The number of ether oxygens (including phenoxy) is 1. The Morgan fingerprint density at radius 2 is 2.10 bits per heavy atom. The number of aromatic nitrogens is 2. The lowest BCUT2D eigenvalue weighted by molar-refractivity contribution is -0.670. The van der Waals surface area contributed by atoms with Gasteiger partial charge in [-0.3, -0.25) is 14.6 Å². The lowest BCUT2D eigenvalue weighted by Crippen LogP contribution is -2.31. The van der Waals surface area contributed by atoms with Crippen LogP contribution >= 0.6 is 0 Å². The van der Waals surface area contributed by atoms with Gasteiger partial charge in [0.2, 0.25) is 11.0 Å². The highest BCUT2D eigenvalue weighted by molar-refractivity contribution is 5.82. The lowest BCUT2D eigenvalue weighted by Gasteiger charge is -2.01. The molecule has 0 spiro atoms. The predicted molar refractivity (Wildman–Crippen MR) is 69.9 cm³/mol. The molecule has 2 rings (SSSR count). The Balaban J connectivity index is 1.82. The van der Waals surface area contributed by atoms with E-state index in [1.165, 1.54) is 10.9 Å². The van der Waals surface area contributed by atoms with Crippen molar-refractivity contribution in [1.29, 1.82) is 0 Å². The van der Waals surface area contributed by atoms with Crippen LogP contribution in [0.2, 0.25) is 0 Å². The molecule has 0 aliphatic carbocycles. The van der Waals surface area contributed by atoms with Crippen molar-refractivity contribution in [3.05, 3.63) is 36.5 Å². The maximum atomic E-state index is 11.4. The number of rotatable bonds is 6. The van der Waals surface area contributed by atoms with E-state index in [1.54, 1.807) is 0 Å². The molecule has 0 bridgehead atoms. The maximum Gasteiger partial charge on any atom is 0.414 e. The number of carbonyl (C=O) groups excluding carboxylic acids is 1. The highest BCUT2D eigenvalue weighted by atomic mass is 16.6. The van der Waals surface area contributed by atoms with Crippen LogP contribution in [0, 0.1) is 0 Å². The molecule has 110 valence electrons. The predicted octanol–water partition coefficient (Wildman–Crippen LogP) is 1.36. The van der Waals surface area contributed by atoms with Gasteiger partial charge in [0.15, 0.2) is 0 Å². The number of hydrogen-bond donors (Lipinski definition) is 2. The molecule has 21 heavy (non-hydrogen) atoms. The molecule has 0 aliphatic rings. The Bertz CT molecular complexity index is 611. The van der Waals surface area contributed by atoms with Crippen molar-refractivity contribution < 1.29 is 28.6 Å². The quantitative estimate of drug-likeness (QED) is 0.615. The van der Waals surface area contributed by atoms with Crippen molar-refractivity contribution in [1.82, 2.24) is 5.27 Å². The minimum Gasteiger partial charge on any atom is -0.481 e. The molecule has 1 aromatic carbocycles. The number of anilines is 1. The number of nitrogens with zero attached hydrogens (tertiary/aromatic N) is 2. The average molecular weight is 292 g/mol. The Kier molecular flexibility index (Phi) is 4.86. The van der Waals surface area contributed by atoms with E-state index in [0.29, 0.717) is 0 Å². The fourth-order valence-electron chi connectivity index (χ4n) is 1.53. The molecule has 0 saturated heterocycles. The number of para-hydroxylation sites is 1. The van der Waals surface area contributed by atoms with Gasteiger partial charge in [-0.05, 0) is 11.1 Å². The SMILES string of the molecule is O=C(O)CCCOC(=O)Nc1c[n+](-c2ccccc2)no1. The van der Waals surface area contributed by atoms with E-state index < -0.39 is 12.1 Å². The molecule has 0 atom stereocenters. The summed E-state index contributed by atoms with van der Waals surface area (Å²) < 4.78 is 11.2. The van der Waals surface area contributed by atoms with Crippen molar-refractivity contribution in [2.24, 2.45) is 0 Å². The summed E-state index contributed by atoms with van der Waals surface area (Å²) in [5.74, 6) is -0.805. The van der Waals surface area contributed by atoms with Gasteiger partial charge in [0.05, 0.1) is 6.61 Å². The number of carboxylic acid groups (broad SMARTS) is 1. The minimum atomic E-state index is -0.932. The van der Waals surface area contributed by atoms with E-state index in [-0.39, 0.29) is 25.3 Å². The standard InChI is InChI=1S/C13H13N3O5/c17-12(18)7-4-8-20-13(19)14-11-9-16(15-21-11)10-5-2-1-3-6-10/h1-3,5-6,9H,4,7-8H2,(H-,14,15,17,18,19)/p+1. The lowest BCUT2D eigenvalue weighted by atomic mass is 10.3. The summed E-state index contributed by atoms with van der Waals surface area (Å²) in [5, 5.41) is 14.6. The molecule has 2 aromatic rings. The second-order valence-electron chi connectivity index (χ2n) is 4.10. The van der Waals surface area contributed by atoms with Gasteiger partial charge >= 0.3 is 17.9 Å². The number of hydrogen-bond acceptors (Lipinski definition) is 5. The summed E-state index contributed by atoms with van der Waals surface area (Å²) in [5.41, 5.74) is 0.782. The van der Waals surface area contributed by atoms with Crippen LogP contribution in [-0.4, -0.2) is 29.0 Å². The molecule has 8 heteroatoms. The summed E-state index contributed by atoms with van der Waals surface area (Å²) in [6, 6.07) is 9.23. The van der Waals surface area contributed by atoms with Crippen LogP contribution in [0.15, 0.2) is 41.1 Å². The molecular weight excluding hydrogens is 278 g/mol. The number of nitrogens with one attached hydrogen (secondary N) is 1. The molecule has 1 heterocycles. The van der Waals surface area contributed by atoms with E-state index in [2.05, 4.69) is 10.6 Å². The molecule has 0 unspecified atom stereocenters. The van der Waals surface area contributed by atoms with E-state index in [0.717, 1.165) is 5.69 Å². The molecule has 1 amide bonds. The average Bonchev–Trinajstić information content (AvgIpc) is 2.93. The fourth-order valence-corrected chi connectivity index (χ4v) is 1.53. The van der Waals surface area contributed by atoms with Crippen molar-refractivity contribution in [3.63, 3.8) is 0 Å². The van der Waals surface area contributed by atoms with Gasteiger partial charge in [-0.25, -0.2) is 4.79 Å². The molecule has 0 fully saturated rings. The first-order valence-corrected chi connectivity index (χ1v) is 6.25. The Hall–Kier alpha value is -2.90. The Labute approximate surface area is 119 Å². The Morgan fingerprint density at radius 1 is 1.33 bits per heavy atom. The topological polar surface area (TPSA) is 106 Å². The summed E-state index contributed by atoms with van der Waals surface area (Å²) >= 11 is 0. The largest absolute Gasteiger partial charge is 0.481 e. The van der Waals surface area contributed by atoms with Crippen LogP contribution < -0.4 is 10.00 Å². The minimum absolute atomic E-state index is 0.0188. The van der Waals surface area contributed by atoms with Gasteiger partial charge in [0.25, 0.3) is 6.20 Å². The number of carbonyl (C=O) groups is 2.